The van der Waals surface area contributed by atoms with Crippen LogP contribution in [-0.2, 0) is 0 Å². The lowest BCUT2D eigenvalue weighted by molar-refractivity contribution is 0.0318. The van der Waals surface area contributed by atoms with Gasteiger partial charge in [-0.25, -0.2) is 0 Å². The van der Waals surface area contributed by atoms with Crippen LogP contribution in [-0.4, -0.2) is 59.3 Å². The molecule has 2 fully saturated rings. The maximum absolute atomic E-state index is 9.00. The fourth-order valence-corrected chi connectivity index (χ4v) is 2.57. The average molecular weight is 198 g/mol. The van der Waals surface area contributed by atoms with Crippen LogP contribution in [0.4, 0.5) is 0 Å². The quantitative estimate of drug-likeness (QED) is 0.717. The molecule has 0 aromatic heterocycles. The van der Waals surface area contributed by atoms with Gasteiger partial charge >= 0.3 is 0 Å². The van der Waals surface area contributed by atoms with Crippen LogP contribution in [0.2, 0.25) is 0 Å². The van der Waals surface area contributed by atoms with E-state index in [-0.39, 0.29) is 0 Å². The van der Waals surface area contributed by atoms with Gasteiger partial charge in [-0.2, -0.15) is 0 Å². The summed E-state index contributed by atoms with van der Waals surface area (Å²) in [5.74, 6) is 0. The second-order valence-corrected chi connectivity index (χ2v) is 5.00. The molecule has 2 aliphatic rings. The summed E-state index contributed by atoms with van der Waals surface area (Å²) < 4.78 is 0. The molecule has 1 saturated carbocycles. The Hall–Kier alpha value is -0.120. The molecule has 1 aliphatic carbocycles. The van der Waals surface area contributed by atoms with Crippen LogP contribution in [0.3, 0.4) is 0 Å². The zero-order valence-electron chi connectivity index (χ0n) is 9.37. The summed E-state index contributed by atoms with van der Waals surface area (Å²) in [4.78, 5) is 5.06. The Bertz CT molecular complexity index is 201. The average Bonchev–Trinajstić information content (AvgIpc) is 2.90. The van der Waals surface area contributed by atoms with Gasteiger partial charge in [0.2, 0.25) is 0 Å². The third kappa shape index (κ3) is 1.81. The first-order chi connectivity index (χ1) is 6.68. The summed E-state index contributed by atoms with van der Waals surface area (Å²) in [6.07, 6.45) is 2.66. The molecule has 1 spiro atoms. The standard InChI is InChI=1S/C11H22N2O/c1-10(2)12-5-6-13(7-8-14)11(9-12)3-4-11/h10,14H,3-9H2,1-2H3. The maximum Gasteiger partial charge on any atom is 0.0558 e. The number of aliphatic hydroxyl groups excluding tert-OH is 1. The molecule has 0 bridgehead atoms. The molecule has 0 amide bonds. The van der Waals surface area contributed by atoms with Gasteiger partial charge in [0, 0.05) is 37.8 Å². The van der Waals surface area contributed by atoms with Crippen molar-refractivity contribution in [1.82, 2.24) is 9.80 Å². The molecule has 1 aliphatic heterocycles. The Kier molecular flexibility index (Phi) is 2.82. The fraction of sp³-hybridized carbons (Fsp3) is 1.00. The molecule has 1 N–H and O–H groups in total. The molecular weight excluding hydrogens is 176 g/mol. The highest BCUT2D eigenvalue weighted by Crippen LogP contribution is 2.44. The van der Waals surface area contributed by atoms with Gasteiger partial charge in [-0.3, -0.25) is 9.80 Å². The third-order valence-electron chi connectivity index (χ3n) is 3.75. The minimum Gasteiger partial charge on any atom is -0.395 e. The van der Waals surface area contributed by atoms with Crippen molar-refractivity contribution in [1.29, 1.82) is 0 Å². The van der Waals surface area contributed by atoms with Crippen molar-refractivity contribution in [2.45, 2.75) is 38.3 Å². The predicted molar refractivity (Wildman–Crippen MR) is 57.3 cm³/mol. The Labute approximate surface area is 86.7 Å². The van der Waals surface area contributed by atoms with Crippen molar-refractivity contribution < 1.29 is 5.11 Å². The summed E-state index contributed by atoms with van der Waals surface area (Å²) in [7, 11) is 0. The second-order valence-electron chi connectivity index (χ2n) is 5.00. The highest BCUT2D eigenvalue weighted by atomic mass is 16.3. The molecule has 2 rings (SSSR count). The smallest absolute Gasteiger partial charge is 0.0558 e. The zero-order chi connectivity index (χ0) is 10.2. The van der Waals surface area contributed by atoms with Gasteiger partial charge in [0.05, 0.1) is 6.61 Å². The van der Waals surface area contributed by atoms with E-state index in [0.717, 1.165) is 13.1 Å². The first kappa shape index (κ1) is 10.4. The lowest BCUT2D eigenvalue weighted by Crippen LogP contribution is -2.57. The van der Waals surface area contributed by atoms with Crippen molar-refractivity contribution in [3.05, 3.63) is 0 Å². The number of nitrogens with zero attached hydrogens (tertiary/aromatic N) is 2. The van der Waals surface area contributed by atoms with Crippen LogP contribution < -0.4 is 0 Å². The van der Waals surface area contributed by atoms with E-state index in [2.05, 4.69) is 23.6 Å². The predicted octanol–water partition coefficient (Wildman–Crippen LogP) is 0.537. The summed E-state index contributed by atoms with van der Waals surface area (Å²) in [6, 6.07) is 0.670. The lowest BCUT2D eigenvalue weighted by atomic mass is 10.1. The first-order valence-electron chi connectivity index (χ1n) is 5.78. The zero-order valence-corrected chi connectivity index (χ0v) is 9.37. The van der Waals surface area contributed by atoms with Crippen LogP contribution in [0.25, 0.3) is 0 Å². The van der Waals surface area contributed by atoms with Crippen LogP contribution in [0, 0.1) is 0 Å². The molecule has 3 heteroatoms. The molecular formula is C11H22N2O. The molecule has 1 heterocycles. The topological polar surface area (TPSA) is 26.7 Å². The Morgan fingerprint density at radius 3 is 2.50 bits per heavy atom. The van der Waals surface area contributed by atoms with Gasteiger partial charge in [-0.15, -0.1) is 0 Å². The molecule has 0 unspecified atom stereocenters. The number of hydrogen-bond donors (Lipinski definition) is 1. The van der Waals surface area contributed by atoms with Crippen molar-refractivity contribution in [2.75, 3.05) is 32.8 Å². The van der Waals surface area contributed by atoms with Crippen LogP contribution in [0.15, 0.2) is 0 Å². The number of β-amino-alcohol motifs (C(OH)–C–C–N with tert-alkyl or cyclic N) is 1. The summed E-state index contributed by atoms with van der Waals surface area (Å²) in [6.45, 7) is 9.24. The highest BCUT2D eigenvalue weighted by molar-refractivity contribution is 5.08. The minimum absolute atomic E-state index is 0.309. The van der Waals surface area contributed by atoms with Crippen molar-refractivity contribution in [3.63, 3.8) is 0 Å². The Balaban J connectivity index is 1.95. The molecule has 0 atom stereocenters. The van der Waals surface area contributed by atoms with Crippen molar-refractivity contribution in [3.8, 4) is 0 Å². The van der Waals surface area contributed by atoms with E-state index < -0.39 is 0 Å². The number of piperazine rings is 1. The molecule has 0 aromatic carbocycles. The monoisotopic (exact) mass is 198 g/mol. The van der Waals surface area contributed by atoms with Crippen LogP contribution >= 0.6 is 0 Å². The number of hydrogen-bond acceptors (Lipinski definition) is 3. The van der Waals surface area contributed by atoms with Gasteiger partial charge in [-0.1, -0.05) is 0 Å². The Morgan fingerprint density at radius 2 is 2.00 bits per heavy atom. The lowest BCUT2D eigenvalue weighted by Gasteiger charge is -2.43. The maximum atomic E-state index is 9.00. The second kappa shape index (κ2) is 3.80. The summed E-state index contributed by atoms with van der Waals surface area (Å²) in [5, 5.41) is 9.00. The van der Waals surface area contributed by atoms with Crippen LogP contribution in [0.5, 0.6) is 0 Å². The van der Waals surface area contributed by atoms with E-state index in [0.29, 0.717) is 18.2 Å². The largest absolute Gasteiger partial charge is 0.395 e. The normalized spacial score (nSPS) is 27.4. The van der Waals surface area contributed by atoms with Crippen LogP contribution in [0.1, 0.15) is 26.7 Å². The highest BCUT2D eigenvalue weighted by Gasteiger charge is 2.50. The molecule has 0 aromatic rings. The van der Waals surface area contributed by atoms with Crippen molar-refractivity contribution in [2.24, 2.45) is 0 Å². The number of rotatable bonds is 3. The molecule has 3 nitrogen and oxygen atoms in total. The number of aliphatic hydroxyl groups is 1. The third-order valence-corrected chi connectivity index (χ3v) is 3.75. The van der Waals surface area contributed by atoms with E-state index in [1.165, 1.54) is 25.9 Å². The summed E-state index contributed by atoms with van der Waals surface area (Å²) in [5.41, 5.74) is 0.450. The van der Waals surface area contributed by atoms with E-state index >= 15 is 0 Å². The molecule has 1 saturated heterocycles. The van der Waals surface area contributed by atoms with E-state index in [9.17, 15) is 0 Å². The van der Waals surface area contributed by atoms with E-state index in [1.807, 2.05) is 0 Å². The van der Waals surface area contributed by atoms with Gasteiger partial charge < -0.3 is 5.11 Å². The van der Waals surface area contributed by atoms with Crippen molar-refractivity contribution >= 4 is 0 Å². The van der Waals surface area contributed by atoms with E-state index in [4.69, 9.17) is 5.11 Å². The van der Waals surface area contributed by atoms with Gasteiger partial charge in [0.25, 0.3) is 0 Å². The fourth-order valence-electron chi connectivity index (χ4n) is 2.57. The SMILES string of the molecule is CC(C)N1CCN(CCO)C2(CC2)C1. The van der Waals surface area contributed by atoms with Gasteiger partial charge in [0.1, 0.15) is 0 Å². The van der Waals surface area contributed by atoms with Gasteiger partial charge in [-0.05, 0) is 26.7 Å². The first-order valence-corrected chi connectivity index (χ1v) is 5.78. The van der Waals surface area contributed by atoms with Gasteiger partial charge in [0.15, 0.2) is 0 Å². The molecule has 0 radical (unpaired) electrons. The minimum atomic E-state index is 0.309. The molecule has 82 valence electrons. The molecule has 14 heavy (non-hydrogen) atoms. The van der Waals surface area contributed by atoms with E-state index in [1.54, 1.807) is 0 Å². The summed E-state index contributed by atoms with van der Waals surface area (Å²) >= 11 is 0. The Morgan fingerprint density at radius 1 is 1.29 bits per heavy atom.